The fraction of sp³-hybridized carbons (Fsp3) is 0.600. The first-order valence-electron chi connectivity index (χ1n) is 6.76. The molecule has 19 heavy (non-hydrogen) atoms. The average Bonchev–Trinajstić information content (AvgIpc) is 2.36. The minimum Gasteiger partial charge on any atom is -0.491 e. The highest BCUT2D eigenvalue weighted by Crippen LogP contribution is 2.22. The summed E-state index contributed by atoms with van der Waals surface area (Å²) >= 11 is 0. The maximum atomic E-state index is 14.0. The summed E-state index contributed by atoms with van der Waals surface area (Å²) in [5.74, 6) is 0.332. The van der Waals surface area contributed by atoms with Gasteiger partial charge in [0.2, 0.25) is 0 Å². The molecule has 0 spiro atoms. The van der Waals surface area contributed by atoms with E-state index in [1.165, 1.54) is 6.07 Å². The Morgan fingerprint density at radius 2 is 2.05 bits per heavy atom. The molecule has 108 valence electrons. The molecule has 0 aliphatic rings. The molecule has 3 nitrogen and oxygen atoms in total. The Labute approximate surface area is 115 Å². The highest BCUT2D eigenvalue weighted by atomic mass is 19.1. The largest absolute Gasteiger partial charge is 0.491 e. The summed E-state index contributed by atoms with van der Waals surface area (Å²) in [5.41, 5.74) is 0.666. The number of hydrogen-bond donors (Lipinski definition) is 1. The minimum atomic E-state index is -0.232. The van der Waals surface area contributed by atoms with Crippen LogP contribution in [0.15, 0.2) is 18.2 Å². The molecular formula is C15H24FNO2. The number of nitrogens with one attached hydrogen (secondary N) is 1. The molecule has 0 aliphatic heterocycles. The maximum Gasteiger partial charge on any atom is 0.131 e. The van der Waals surface area contributed by atoms with Gasteiger partial charge in [-0.1, -0.05) is 13.0 Å². The zero-order valence-electron chi connectivity index (χ0n) is 12.2. The van der Waals surface area contributed by atoms with Crippen LogP contribution in [0.1, 0.15) is 38.8 Å². The molecule has 0 heterocycles. The van der Waals surface area contributed by atoms with Crippen LogP contribution in [0.3, 0.4) is 0 Å². The Morgan fingerprint density at radius 1 is 1.32 bits per heavy atom. The molecule has 0 saturated heterocycles. The normalized spacial score (nSPS) is 14.2. The van der Waals surface area contributed by atoms with Crippen molar-refractivity contribution in [2.24, 2.45) is 0 Å². The molecule has 1 aromatic carbocycles. The molecule has 0 amide bonds. The van der Waals surface area contributed by atoms with E-state index in [1.807, 2.05) is 26.8 Å². The molecule has 2 unspecified atom stereocenters. The number of ether oxygens (including phenoxy) is 2. The quantitative estimate of drug-likeness (QED) is 0.785. The van der Waals surface area contributed by atoms with Crippen molar-refractivity contribution < 1.29 is 13.9 Å². The van der Waals surface area contributed by atoms with E-state index in [4.69, 9.17) is 9.47 Å². The standard InChI is InChI=1S/C15H24FNO2/c1-5-17-12(3)14-7-6-13(10-15(14)16)19-11(2)8-9-18-4/h6-7,10-12,17H,5,8-9H2,1-4H3. The lowest BCUT2D eigenvalue weighted by atomic mass is 10.1. The van der Waals surface area contributed by atoms with E-state index in [1.54, 1.807) is 13.2 Å². The second-order valence-electron chi connectivity index (χ2n) is 4.67. The molecule has 1 N–H and O–H groups in total. The van der Waals surface area contributed by atoms with Gasteiger partial charge in [0.1, 0.15) is 11.6 Å². The molecule has 4 heteroatoms. The van der Waals surface area contributed by atoms with Gasteiger partial charge >= 0.3 is 0 Å². The zero-order valence-corrected chi connectivity index (χ0v) is 12.2. The van der Waals surface area contributed by atoms with Crippen molar-refractivity contribution in [3.63, 3.8) is 0 Å². The summed E-state index contributed by atoms with van der Waals surface area (Å²) in [7, 11) is 1.66. The van der Waals surface area contributed by atoms with E-state index >= 15 is 0 Å². The van der Waals surface area contributed by atoms with Crippen molar-refractivity contribution in [1.29, 1.82) is 0 Å². The summed E-state index contributed by atoms with van der Waals surface area (Å²) in [5, 5.41) is 3.19. The molecule has 0 fully saturated rings. The van der Waals surface area contributed by atoms with Crippen LogP contribution in [0.4, 0.5) is 4.39 Å². The van der Waals surface area contributed by atoms with Crippen LogP contribution in [0.25, 0.3) is 0 Å². The Kier molecular flexibility index (Phi) is 6.81. The lowest BCUT2D eigenvalue weighted by Gasteiger charge is -2.17. The van der Waals surface area contributed by atoms with Gasteiger partial charge in [0.05, 0.1) is 6.10 Å². The third-order valence-corrected chi connectivity index (χ3v) is 3.01. The molecule has 2 atom stereocenters. The van der Waals surface area contributed by atoms with Gasteiger partial charge in [-0.25, -0.2) is 4.39 Å². The van der Waals surface area contributed by atoms with E-state index in [0.29, 0.717) is 17.9 Å². The molecule has 0 aromatic heterocycles. The van der Waals surface area contributed by atoms with Crippen LogP contribution < -0.4 is 10.1 Å². The van der Waals surface area contributed by atoms with Gasteiger partial charge in [0.15, 0.2) is 0 Å². The van der Waals surface area contributed by atoms with Gasteiger partial charge in [0, 0.05) is 37.8 Å². The van der Waals surface area contributed by atoms with Crippen LogP contribution in [0.2, 0.25) is 0 Å². The Bertz CT molecular complexity index is 384. The van der Waals surface area contributed by atoms with Crippen molar-refractivity contribution in [2.45, 2.75) is 39.3 Å². The van der Waals surface area contributed by atoms with E-state index in [2.05, 4.69) is 5.32 Å². The fourth-order valence-electron chi connectivity index (χ4n) is 1.92. The number of halogens is 1. The van der Waals surface area contributed by atoms with Crippen LogP contribution in [-0.4, -0.2) is 26.4 Å². The highest BCUT2D eigenvalue weighted by molar-refractivity contribution is 5.30. The van der Waals surface area contributed by atoms with Crippen LogP contribution >= 0.6 is 0 Å². The Morgan fingerprint density at radius 3 is 2.63 bits per heavy atom. The summed E-state index contributed by atoms with van der Waals surface area (Å²) in [4.78, 5) is 0. The number of rotatable bonds is 8. The summed E-state index contributed by atoms with van der Waals surface area (Å²) in [6.07, 6.45) is 0.796. The molecule has 0 saturated carbocycles. The average molecular weight is 269 g/mol. The molecule has 0 bridgehead atoms. The first-order chi connectivity index (χ1) is 9.08. The third kappa shape index (κ3) is 5.17. The van der Waals surface area contributed by atoms with Crippen LogP contribution in [0, 0.1) is 5.82 Å². The Balaban J connectivity index is 2.65. The van der Waals surface area contributed by atoms with Crippen molar-refractivity contribution in [2.75, 3.05) is 20.3 Å². The van der Waals surface area contributed by atoms with Gasteiger partial charge in [0.25, 0.3) is 0 Å². The van der Waals surface area contributed by atoms with E-state index < -0.39 is 0 Å². The Hall–Kier alpha value is -1.13. The third-order valence-electron chi connectivity index (χ3n) is 3.01. The van der Waals surface area contributed by atoms with Crippen LogP contribution in [-0.2, 0) is 4.74 Å². The van der Waals surface area contributed by atoms with E-state index in [-0.39, 0.29) is 18.0 Å². The summed E-state index contributed by atoms with van der Waals surface area (Å²) < 4.78 is 24.6. The van der Waals surface area contributed by atoms with E-state index in [9.17, 15) is 4.39 Å². The van der Waals surface area contributed by atoms with Gasteiger partial charge in [-0.3, -0.25) is 0 Å². The predicted octanol–water partition coefficient (Wildman–Crippen LogP) is 3.30. The molecule has 1 aromatic rings. The maximum absolute atomic E-state index is 14.0. The van der Waals surface area contributed by atoms with Gasteiger partial charge in [-0.15, -0.1) is 0 Å². The molecule has 0 radical (unpaired) electrons. The van der Waals surface area contributed by atoms with Crippen LogP contribution in [0.5, 0.6) is 5.75 Å². The number of methoxy groups -OCH3 is 1. The SMILES string of the molecule is CCNC(C)c1ccc(OC(C)CCOC)cc1F. The van der Waals surface area contributed by atoms with Crippen molar-refractivity contribution in [3.05, 3.63) is 29.6 Å². The van der Waals surface area contributed by atoms with E-state index in [0.717, 1.165) is 13.0 Å². The second-order valence-corrected chi connectivity index (χ2v) is 4.67. The van der Waals surface area contributed by atoms with Crippen molar-refractivity contribution in [3.8, 4) is 5.75 Å². The minimum absolute atomic E-state index is 0.00460. The first kappa shape index (κ1) is 15.9. The lowest BCUT2D eigenvalue weighted by Crippen LogP contribution is -2.19. The monoisotopic (exact) mass is 269 g/mol. The smallest absolute Gasteiger partial charge is 0.131 e. The molecule has 0 aliphatic carbocycles. The first-order valence-corrected chi connectivity index (χ1v) is 6.76. The second kappa shape index (κ2) is 8.12. The van der Waals surface area contributed by atoms with Crippen molar-refractivity contribution >= 4 is 0 Å². The van der Waals surface area contributed by atoms with Gasteiger partial charge in [-0.05, 0) is 26.5 Å². The van der Waals surface area contributed by atoms with Crippen molar-refractivity contribution in [1.82, 2.24) is 5.32 Å². The van der Waals surface area contributed by atoms with Gasteiger partial charge in [-0.2, -0.15) is 0 Å². The zero-order chi connectivity index (χ0) is 14.3. The topological polar surface area (TPSA) is 30.5 Å². The molecule has 1 rings (SSSR count). The fourth-order valence-corrected chi connectivity index (χ4v) is 1.92. The predicted molar refractivity (Wildman–Crippen MR) is 75.1 cm³/mol. The molecular weight excluding hydrogens is 245 g/mol. The number of hydrogen-bond acceptors (Lipinski definition) is 3. The lowest BCUT2D eigenvalue weighted by molar-refractivity contribution is 0.135. The van der Waals surface area contributed by atoms with Gasteiger partial charge < -0.3 is 14.8 Å². The summed E-state index contributed by atoms with van der Waals surface area (Å²) in [6, 6.07) is 5.05. The highest BCUT2D eigenvalue weighted by Gasteiger charge is 2.12. The number of benzene rings is 1. The summed E-state index contributed by atoms with van der Waals surface area (Å²) in [6.45, 7) is 7.35.